The zero-order valence-electron chi connectivity index (χ0n) is 10.8. The van der Waals surface area contributed by atoms with Crippen LogP contribution >= 0.6 is 0 Å². The zero-order chi connectivity index (χ0) is 13.9. The summed E-state index contributed by atoms with van der Waals surface area (Å²) in [5, 5.41) is 16.4. The molecule has 0 aliphatic carbocycles. The maximum atomic E-state index is 11.7. The summed E-state index contributed by atoms with van der Waals surface area (Å²) in [5.74, 6) is 0.848. The van der Waals surface area contributed by atoms with Crippen molar-refractivity contribution in [2.75, 3.05) is 6.54 Å². The molecule has 1 atom stereocenters. The minimum Gasteiger partial charge on any atom is -0.469 e. The number of hydrogen-bond donors (Lipinski definition) is 2. The van der Waals surface area contributed by atoms with E-state index in [1.165, 1.54) is 6.07 Å². The van der Waals surface area contributed by atoms with E-state index >= 15 is 0 Å². The minimum absolute atomic E-state index is 0.0957. The van der Waals surface area contributed by atoms with E-state index in [0.717, 1.165) is 0 Å². The largest absolute Gasteiger partial charge is 0.469 e. The Labute approximate surface area is 110 Å². The molecule has 6 heteroatoms. The van der Waals surface area contributed by atoms with Crippen molar-refractivity contribution in [3.8, 4) is 0 Å². The molecule has 0 bridgehead atoms. The Balaban J connectivity index is 1.88. The van der Waals surface area contributed by atoms with Gasteiger partial charge in [-0.2, -0.15) is 0 Å². The number of aryl methyl sites for hydroxylation is 1. The molecule has 2 N–H and O–H groups in total. The van der Waals surface area contributed by atoms with Gasteiger partial charge in [-0.15, -0.1) is 0 Å². The summed E-state index contributed by atoms with van der Waals surface area (Å²) in [6.07, 6.45) is 1.86. The first-order valence-corrected chi connectivity index (χ1v) is 5.92. The molecule has 2 aromatic heterocycles. The van der Waals surface area contributed by atoms with E-state index in [1.807, 2.05) is 0 Å². The highest BCUT2D eigenvalue weighted by atomic mass is 16.5. The second-order valence-corrected chi connectivity index (χ2v) is 4.76. The van der Waals surface area contributed by atoms with Crippen molar-refractivity contribution in [1.82, 2.24) is 10.5 Å². The van der Waals surface area contributed by atoms with Crippen LogP contribution in [0, 0.1) is 6.92 Å². The van der Waals surface area contributed by atoms with Gasteiger partial charge < -0.3 is 19.4 Å². The quantitative estimate of drug-likeness (QED) is 0.849. The van der Waals surface area contributed by atoms with Crippen LogP contribution in [-0.2, 0) is 6.42 Å². The highest BCUT2D eigenvalue weighted by Crippen LogP contribution is 2.13. The Hall–Kier alpha value is -2.08. The molecule has 2 heterocycles. The summed E-state index contributed by atoms with van der Waals surface area (Å²) in [6, 6.07) is 5.07. The smallest absolute Gasteiger partial charge is 0.273 e. The van der Waals surface area contributed by atoms with Gasteiger partial charge in [0.15, 0.2) is 5.69 Å². The van der Waals surface area contributed by atoms with Crippen molar-refractivity contribution in [2.45, 2.75) is 25.9 Å². The molecule has 0 aromatic carbocycles. The van der Waals surface area contributed by atoms with Gasteiger partial charge in [0, 0.05) is 19.0 Å². The number of carbonyl (C=O) groups excluding carboxylic acids is 1. The summed E-state index contributed by atoms with van der Waals surface area (Å²) < 4.78 is 9.98. The number of rotatable bonds is 5. The van der Waals surface area contributed by atoms with E-state index in [-0.39, 0.29) is 18.1 Å². The molecule has 0 radical (unpaired) electrons. The third-order valence-corrected chi connectivity index (χ3v) is 2.63. The van der Waals surface area contributed by atoms with Crippen LogP contribution in [0.5, 0.6) is 0 Å². The SMILES string of the molecule is Cc1cc(C(=O)NCC(C)(O)Cc2ccco2)no1. The van der Waals surface area contributed by atoms with Gasteiger partial charge in [-0.05, 0) is 26.0 Å². The van der Waals surface area contributed by atoms with Crippen LogP contribution < -0.4 is 5.32 Å². The lowest BCUT2D eigenvalue weighted by Gasteiger charge is -2.22. The van der Waals surface area contributed by atoms with E-state index in [2.05, 4.69) is 10.5 Å². The number of nitrogens with one attached hydrogen (secondary N) is 1. The average Bonchev–Trinajstić information content (AvgIpc) is 2.97. The van der Waals surface area contributed by atoms with Gasteiger partial charge in [0.05, 0.1) is 11.9 Å². The summed E-state index contributed by atoms with van der Waals surface area (Å²) in [6.45, 7) is 3.43. The van der Waals surface area contributed by atoms with Crippen LogP contribution in [0.15, 0.2) is 33.4 Å². The van der Waals surface area contributed by atoms with E-state index < -0.39 is 5.60 Å². The second kappa shape index (κ2) is 5.27. The molecule has 102 valence electrons. The average molecular weight is 264 g/mol. The summed E-state index contributed by atoms with van der Waals surface area (Å²) >= 11 is 0. The third kappa shape index (κ3) is 3.69. The Morgan fingerprint density at radius 2 is 2.37 bits per heavy atom. The molecule has 1 unspecified atom stereocenters. The summed E-state index contributed by atoms with van der Waals surface area (Å²) in [5.41, 5.74) is -0.891. The molecule has 0 saturated carbocycles. The first kappa shape index (κ1) is 13.4. The van der Waals surface area contributed by atoms with Gasteiger partial charge in [-0.1, -0.05) is 5.16 Å². The number of nitrogens with zero attached hydrogens (tertiary/aromatic N) is 1. The molecule has 2 aromatic rings. The van der Waals surface area contributed by atoms with Gasteiger partial charge in [-0.25, -0.2) is 0 Å². The second-order valence-electron chi connectivity index (χ2n) is 4.76. The highest BCUT2D eigenvalue weighted by molar-refractivity contribution is 5.92. The Morgan fingerprint density at radius 3 is 2.95 bits per heavy atom. The molecule has 0 spiro atoms. The van der Waals surface area contributed by atoms with Crippen LogP contribution in [0.3, 0.4) is 0 Å². The van der Waals surface area contributed by atoms with Crippen molar-refractivity contribution < 1.29 is 18.8 Å². The van der Waals surface area contributed by atoms with Gasteiger partial charge in [0.1, 0.15) is 11.5 Å². The van der Waals surface area contributed by atoms with E-state index in [0.29, 0.717) is 17.9 Å². The molecular weight excluding hydrogens is 248 g/mol. The number of aliphatic hydroxyl groups is 1. The maximum Gasteiger partial charge on any atom is 0.273 e. The van der Waals surface area contributed by atoms with Crippen LogP contribution in [0.25, 0.3) is 0 Å². The predicted octanol–water partition coefficient (Wildman–Crippen LogP) is 1.30. The van der Waals surface area contributed by atoms with Crippen molar-refractivity contribution in [1.29, 1.82) is 0 Å². The van der Waals surface area contributed by atoms with E-state index in [4.69, 9.17) is 8.94 Å². The van der Waals surface area contributed by atoms with Crippen molar-refractivity contribution in [2.24, 2.45) is 0 Å². The molecule has 0 aliphatic heterocycles. The lowest BCUT2D eigenvalue weighted by atomic mass is 10.0. The molecule has 0 fully saturated rings. The fourth-order valence-corrected chi connectivity index (χ4v) is 1.69. The van der Waals surface area contributed by atoms with Crippen LogP contribution in [0.4, 0.5) is 0 Å². The normalized spacial score (nSPS) is 14.1. The van der Waals surface area contributed by atoms with Gasteiger partial charge in [0.25, 0.3) is 5.91 Å². The van der Waals surface area contributed by atoms with Crippen molar-refractivity contribution in [3.05, 3.63) is 41.7 Å². The van der Waals surface area contributed by atoms with Crippen molar-refractivity contribution in [3.63, 3.8) is 0 Å². The standard InChI is InChI=1S/C13H16N2O4/c1-9-6-11(15-19-9)12(16)14-8-13(2,17)7-10-4-3-5-18-10/h3-6,17H,7-8H2,1-2H3,(H,14,16). The highest BCUT2D eigenvalue weighted by Gasteiger charge is 2.24. The molecule has 0 aliphatic rings. The fourth-order valence-electron chi connectivity index (χ4n) is 1.69. The molecule has 2 rings (SSSR count). The molecule has 6 nitrogen and oxygen atoms in total. The summed E-state index contributed by atoms with van der Waals surface area (Å²) in [7, 11) is 0. The number of carbonyl (C=O) groups is 1. The van der Waals surface area contributed by atoms with E-state index in [9.17, 15) is 9.90 Å². The van der Waals surface area contributed by atoms with Crippen LogP contribution in [0.2, 0.25) is 0 Å². The summed E-state index contributed by atoms with van der Waals surface area (Å²) in [4.78, 5) is 11.7. The van der Waals surface area contributed by atoms with Crippen LogP contribution in [-0.4, -0.2) is 28.3 Å². The van der Waals surface area contributed by atoms with Gasteiger partial charge in [0.2, 0.25) is 0 Å². The fraction of sp³-hybridized carbons (Fsp3) is 0.385. The zero-order valence-corrected chi connectivity index (χ0v) is 10.8. The minimum atomic E-state index is -1.09. The Morgan fingerprint density at radius 1 is 1.58 bits per heavy atom. The third-order valence-electron chi connectivity index (χ3n) is 2.63. The monoisotopic (exact) mass is 264 g/mol. The molecular formula is C13H16N2O4. The van der Waals surface area contributed by atoms with Crippen molar-refractivity contribution >= 4 is 5.91 Å². The molecule has 0 saturated heterocycles. The predicted molar refractivity (Wildman–Crippen MR) is 66.6 cm³/mol. The first-order chi connectivity index (χ1) is 8.96. The van der Waals surface area contributed by atoms with E-state index in [1.54, 1.807) is 32.2 Å². The first-order valence-electron chi connectivity index (χ1n) is 5.92. The number of furan rings is 1. The molecule has 19 heavy (non-hydrogen) atoms. The van der Waals surface area contributed by atoms with Gasteiger partial charge >= 0.3 is 0 Å². The topological polar surface area (TPSA) is 88.5 Å². The number of aromatic nitrogens is 1. The number of hydrogen-bond acceptors (Lipinski definition) is 5. The Bertz CT molecular complexity index is 543. The van der Waals surface area contributed by atoms with Gasteiger partial charge in [-0.3, -0.25) is 4.79 Å². The number of amides is 1. The molecule has 1 amide bonds. The van der Waals surface area contributed by atoms with Crippen LogP contribution in [0.1, 0.15) is 28.9 Å². The lowest BCUT2D eigenvalue weighted by Crippen LogP contribution is -2.42. The lowest BCUT2D eigenvalue weighted by molar-refractivity contribution is 0.0508. The maximum absolute atomic E-state index is 11.7. The Kier molecular flexibility index (Phi) is 3.71.